The zero-order chi connectivity index (χ0) is 19.7. The molecule has 0 aliphatic carbocycles. The number of hydrogen-bond acceptors (Lipinski definition) is 4. The Labute approximate surface area is 172 Å². The third-order valence-corrected chi connectivity index (χ3v) is 5.45. The molecule has 1 atom stereocenters. The summed E-state index contributed by atoms with van der Waals surface area (Å²) in [6.07, 6.45) is 5.27. The van der Waals surface area contributed by atoms with Gasteiger partial charge in [-0.25, -0.2) is 4.98 Å². The van der Waals surface area contributed by atoms with Crippen molar-refractivity contribution in [1.82, 2.24) is 14.7 Å². The van der Waals surface area contributed by atoms with E-state index in [2.05, 4.69) is 10.3 Å². The third-order valence-electron chi connectivity index (χ3n) is 4.90. The maximum Gasteiger partial charge on any atom is 0.270 e. The van der Waals surface area contributed by atoms with Gasteiger partial charge in [0.2, 0.25) is 0 Å². The summed E-state index contributed by atoms with van der Waals surface area (Å²) in [6.45, 7) is 1.60. The van der Waals surface area contributed by atoms with Crippen LogP contribution in [0.2, 0.25) is 10.0 Å². The Morgan fingerprint density at radius 3 is 2.89 bits per heavy atom. The van der Waals surface area contributed by atoms with Gasteiger partial charge in [0, 0.05) is 40.5 Å². The summed E-state index contributed by atoms with van der Waals surface area (Å²) >= 11 is 12.4. The van der Waals surface area contributed by atoms with E-state index < -0.39 is 0 Å². The molecule has 2 aromatic heterocycles. The SMILES string of the molecule is NCc1cc2ncc(C(=O)NC3CCCOC3)n2cc1-c1ccc(Cl)cc1Cl. The van der Waals surface area contributed by atoms with Gasteiger partial charge in [0.05, 0.1) is 18.8 Å². The van der Waals surface area contributed by atoms with Crippen LogP contribution in [0.15, 0.2) is 36.7 Å². The number of fused-ring (bicyclic) bond motifs is 1. The molecular weight excluding hydrogens is 399 g/mol. The van der Waals surface area contributed by atoms with Gasteiger partial charge in [0.1, 0.15) is 11.3 Å². The van der Waals surface area contributed by atoms with Crippen molar-refractivity contribution in [3.05, 3.63) is 58.0 Å². The van der Waals surface area contributed by atoms with Crippen LogP contribution < -0.4 is 11.1 Å². The third kappa shape index (κ3) is 3.73. The summed E-state index contributed by atoms with van der Waals surface area (Å²) < 4.78 is 7.20. The minimum Gasteiger partial charge on any atom is -0.379 e. The Morgan fingerprint density at radius 2 is 2.18 bits per heavy atom. The number of amides is 1. The van der Waals surface area contributed by atoms with Crippen LogP contribution in [0.4, 0.5) is 0 Å². The van der Waals surface area contributed by atoms with Gasteiger partial charge >= 0.3 is 0 Å². The van der Waals surface area contributed by atoms with Gasteiger partial charge in [-0.05, 0) is 36.6 Å². The number of benzene rings is 1. The number of carbonyl (C=O) groups is 1. The fourth-order valence-corrected chi connectivity index (χ4v) is 3.97. The van der Waals surface area contributed by atoms with Gasteiger partial charge in [0.15, 0.2) is 0 Å². The molecular formula is C20H20Cl2N4O2. The Kier molecular flexibility index (Phi) is 5.55. The van der Waals surface area contributed by atoms with Crippen LogP contribution in [-0.2, 0) is 11.3 Å². The molecule has 1 fully saturated rings. The van der Waals surface area contributed by atoms with Crippen molar-refractivity contribution >= 4 is 34.8 Å². The molecule has 28 heavy (non-hydrogen) atoms. The van der Waals surface area contributed by atoms with Crippen LogP contribution in [-0.4, -0.2) is 34.5 Å². The molecule has 146 valence electrons. The van der Waals surface area contributed by atoms with E-state index in [-0.39, 0.29) is 11.9 Å². The van der Waals surface area contributed by atoms with Crippen LogP contribution in [0.1, 0.15) is 28.9 Å². The summed E-state index contributed by atoms with van der Waals surface area (Å²) in [5.41, 5.74) is 9.58. The molecule has 0 bridgehead atoms. The lowest BCUT2D eigenvalue weighted by Crippen LogP contribution is -2.41. The first kappa shape index (κ1) is 19.2. The fraction of sp³-hybridized carbons (Fsp3) is 0.300. The highest BCUT2D eigenvalue weighted by molar-refractivity contribution is 6.36. The maximum absolute atomic E-state index is 12.8. The van der Waals surface area contributed by atoms with E-state index in [1.54, 1.807) is 22.7 Å². The summed E-state index contributed by atoms with van der Waals surface area (Å²) in [6, 6.07) is 7.20. The molecule has 0 radical (unpaired) electrons. The quantitative estimate of drug-likeness (QED) is 0.676. The average molecular weight is 419 g/mol. The number of pyridine rings is 1. The minimum atomic E-state index is -0.184. The number of rotatable bonds is 4. The molecule has 1 saturated heterocycles. The number of ether oxygens (including phenoxy) is 1. The number of aromatic nitrogens is 2. The van der Waals surface area contributed by atoms with Crippen molar-refractivity contribution in [2.75, 3.05) is 13.2 Å². The van der Waals surface area contributed by atoms with E-state index in [9.17, 15) is 4.79 Å². The Morgan fingerprint density at radius 1 is 1.32 bits per heavy atom. The van der Waals surface area contributed by atoms with Crippen molar-refractivity contribution < 1.29 is 9.53 Å². The predicted octanol–water partition coefficient (Wildman–Crippen LogP) is 3.68. The zero-order valence-electron chi connectivity index (χ0n) is 15.1. The number of nitrogens with one attached hydrogen (secondary N) is 1. The number of halogens is 2. The molecule has 1 amide bonds. The fourth-order valence-electron chi connectivity index (χ4n) is 3.46. The van der Waals surface area contributed by atoms with Crippen LogP contribution in [0.5, 0.6) is 0 Å². The molecule has 3 N–H and O–H groups in total. The van der Waals surface area contributed by atoms with E-state index in [4.69, 9.17) is 33.7 Å². The second-order valence-corrected chi connectivity index (χ2v) is 7.64. The lowest BCUT2D eigenvalue weighted by molar-refractivity contribution is 0.0621. The number of nitrogens with zero attached hydrogens (tertiary/aromatic N) is 2. The summed E-state index contributed by atoms with van der Waals surface area (Å²) in [7, 11) is 0. The van der Waals surface area contributed by atoms with Gasteiger partial charge in [-0.2, -0.15) is 0 Å². The normalized spacial score (nSPS) is 17.0. The molecule has 3 aromatic rings. The first-order valence-corrected chi connectivity index (χ1v) is 9.86. The second kappa shape index (κ2) is 8.09. The molecule has 3 heterocycles. The molecule has 6 nitrogen and oxygen atoms in total. The summed E-state index contributed by atoms with van der Waals surface area (Å²) in [5.74, 6) is -0.184. The molecule has 0 saturated carbocycles. The molecule has 1 aliphatic rings. The molecule has 0 spiro atoms. The number of hydrogen-bond donors (Lipinski definition) is 2. The Hall–Kier alpha value is -2.12. The van der Waals surface area contributed by atoms with Gasteiger partial charge in [-0.1, -0.05) is 29.3 Å². The van der Waals surface area contributed by atoms with Gasteiger partial charge in [-0.3, -0.25) is 9.20 Å². The van der Waals surface area contributed by atoms with Crippen molar-refractivity contribution in [1.29, 1.82) is 0 Å². The number of carbonyl (C=O) groups excluding carboxylic acids is 1. The second-order valence-electron chi connectivity index (χ2n) is 6.80. The van der Waals surface area contributed by atoms with Crippen LogP contribution in [0.3, 0.4) is 0 Å². The van der Waals surface area contributed by atoms with E-state index in [0.29, 0.717) is 34.5 Å². The lowest BCUT2D eigenvalue weighted by atomic mass is 10.0. The molecule has 4 rings (SSSR count). The van der Waals surface area contributed by atoms with E-state index in [0.717, 1.165) is 36.1 Å². The van der Waals surface area contributed by atoms with Crippen molar-refractivity contribution in [2.45, 2.75) is 25.4 Å². The monoisotopic (exact) mass is 418 g/mol. The van der Waals surface area contributed by atoms with Crippen molar-refractivity contribution in [3.63, 3.8) is 0 Å². The number of nitrogens with two attached hydrogens (primary N) is 1. The van der Waals surface area contributed by atoms with Crippen LogP contribution in [0.25, 0.3) is 16.8 Å². The van der Waals surface area contributed by atoms with Crippen LogP contribution >= 0.6 is 23.2 Å². The van der Waals surface area contributed by atoms with E-state index in [1.165, 1.54) is 0 Å². The standard InChI is InChI=1S/C20H20Cl2N4O2/c21-13-3-4-15(17(22)7-13)16-10-26-18(9-24-19(26)6-12(16)8-23)20(27)25-14-2-1-5-28-11-14/h3-4,6-7,9-10,14H,1-2,5,8,11,23H2,(H,25,27). The average Bonchev–Trinajstić information content (AvgIpc) is 3.11. The highest BCUT2D eigenvalue weighted by Gasteiger charge is 2.20. The topological polar surface area (TPSA) is 81.6 Å². The molecule has 1 aliphatic heterocycles. The number of imidazole rings is 1. The van der Waals surface area contributed by atoms with Gasteiger partial charge in [-0.15, -0.1) is 0 Å². The largest absolute Gasteiger partial charge is 0.379 e. The van der Waals surface area contributed by atoms with Gasteiger partial charge < -0.3 is 15.8 Å². The molecule has 1 aromatic carbocycles. The molecule has 8 heteroatoms. The smallest absolute Gasteiger partial charge is 0.270 e. The maximum atomic E-state index is 12.8. The minimum absolute atomic E-state index is 0.0142. The van der Waals surface area contributed by atoms with Crippen molar-refractivity contribution in [2.24, 2.45) is 5.73 Å². The van der Waals surface area contributed by atoms with Crippen LogP contribution in [0, 0.1) is 0 Å². The highest BCUT2D eigenvalue weighted by atomic mass is 35.5. The van der Waals surface area contributed by atoms with Gasteiger partial charge in [0.25, 0.3) is 5.91 Å². The Bertz CT molecular complexity index is 1030. The summed E-state index contributed by atoms with van der Waals surface area (Å²) in [4.78, 5) is 17.2. The predicted molar refractivity (Wildman–Crippen MR) is 110 cm³/mol. The van der Waals surface area contributed by atoms with E-state index in [1.807, 2.05) is 18.3 Å². The lowest BCUT2D eigenvalue weighted by Gasteiger charge is -2.23. The molecule has 1 unspecified atom stereocenters. The first-order valence-electron chi connectivity index (χ1n) is 9.11. The van der Waals surface area contributed by atoms with Crippen molar-refractivity contribution in [3.8, 4) is 11.1 Å². The first-order chi connectivity index (χ1) is 13.6. The zero-order valence-corrected chi connectivity index (χ0v) is 16.6. The Balaban J connectivity index is 1.74. The summed E-state index contributed by atoms with van der Waals surface area (Å²) in [5, 5.41) is 4.10. The van der Waals surface area contributed by atoms with E-state index >= 15 is 0 Å². The highest BCUT2D eigenvalue weighted by Crippen LogP contribution is 2.33.